The van der Waals surface area contributed by atoms with Gasteiger partial charge >= 0.3 is 11.8 Å². The van der Waals surface area contributed by atoms with Crippen LogP contribution in [0.1, 0.15) is 12.5 Å². The highest BCUT2D eigenvalue weighted by Crippen LogP contribution is 2.30. The van der Waals surface area contributed by atoms with Gasteiger partial charge < -0.3 is 14.5 Å². The lowest BCUT2D eigenvalue weighted by Gasteiger charge is -2.15. The molecule has 1 aromatic heterocycles. The lowest BCUT2D eigenvalue weighted by atomic mass is 10.2. The second kappa shape index (κ2) is 7.14. The van der Waals surface area contributed by atoms with Gasteiger partial charge in [0.2, 0.25) is 0 Å². The number of alkyl halides is 3. The average molecular weight is 377 g/mol. The number of amides is 1. The highest BCUT2D eigenvalue weighted by Gasteiger charge is 2.30. The summed E-state index contributed by atoms with van der Waals surface area (Å²) in [6.07, 6.45) is -5.37. The molecular formula is C19H14F3NO4. The fourth-order valence-electron chi connectivity index (χ4n) is 2.36. The van der Waals surface area contributed by atoms with Crippen molar-refractivity contribution < 1.29 is 27.1 Å². The molecule has 0 bridgehead atoms. The summed E-state index contributed by atoms with van der Waals surface area (Å²) in [4.78, 5) is 23.5. The first-order valence-corrected chi connectivity index (χ1v) is 7.91. The number of benzene rings is 2. The molecule has 0 saturated heterocycles. The lowest BCUT2D eigenvalue weighted by Crippen LogP contribution is -2.30. The molecule has 1 N–H and O–H groups in total. The second-order valence-corrected chi connectivity index (χ2v) is 5.78. The van der Waals surface area contributed by atoms with Gasteiger partial charge in [-0.3, -0.25) is 4.79 Å². The number of ether oxygens (including phenoxy) is 1. The Morgan fingerprint density at radius 3 is 2.41 bits per heavy atom. The zero-order valence-corrected chi connectivity index (χ0v) is 14.0. The summed E-state index contributed by atoms with van der Waals surface area (Å²) < 4.78 is 48.2. The van der Waals surface area contributed by atoms with Crippen LogP contribution in [0.2, 0.25) is 0 Å². The normalized spacial score (nSPS) is 12.6. The minimum Gasteiger partial charge on any atom is -0.481 e. The van der Waals surface area contributed by atoms with Crippen molar-refractivity contribution in [2.45, 2.75) is 19.2 Å². The summed E-state index contributed by atoms with van der Waals surface area (Å²) in [6, 6.07) is 11.8. The standard InChI is InChI=1S/C19H14F3NO4/c1-11(18(25)23-14-6-4-13(5-7-14)19(20,21)22)26-15-8-2-12-3-9-17(24)27-16(12)10-15/h2-11H,1H3,(H,23,25)/t11-/m1/s1. The van der Waals surface area contributed by atoms with Gasteiger partial charge in [0, 0.05) is 23.2 Å². The molecule has 1 heterocycles. The van der Waals surface area contributed by atoms with Crippen LogP contribution in [0.25, 0.3) is 11.0 Å². The van der Waals surface area contributed by atoms with Gasteiger partial charge in [-0.2, -0.15) is 13.2 Å². The van der Waals surface area contributed by atoms with E-state index in [1.165, 1.54) is 19.1 Å². The molecule has 140 valence electrons. The van der Waals surface area contributed by atoms with E-state index in [9.17, 15) is 22.8 Å². The van der Waals surface area contributed by atoms with Crippen molar-refractivity contribution in [2.75, 3.05) is 5.32 Å². The van der Waals surface area contributed by atoms with Crippen molar-refractivity contribution in [3.05, 3.63) is 70.6 Å². The molecule has 8 heteroatoms. The van der Waals surface area contributed by atoms with Crippen LogP contribution in [0.4, 0.5) is 18.9 Å². The highest BCUT2D eigenvalue weighted by molar-refractivity contribution is 5.94. The topological polar surface area (TPSA) is 68.5 Å². The van der Waals surface area contributed by atoms with E-state index in [1.54, 1.807) is 18.2 Å². The predicted octanol–water partition coefficient (Wildman–Crippen LogP) is 4.22. The molecule has 0 radical (unpaired) electrons. The van der Waals surface area contributed by atoms with Gasteiger partial charge in [-0.25, -0.2) is 4.79 Å². The molecule has 0 saturated carbocycles. The molecule has 0 aliphatic carbocycles. The predicted molar refractivity (Wildman–Crippen MR) is 92.6 cm³/mol. The Morgan fingerprint density at radius 2 is 1.74 bits per heavy atom. The van der Waals surface area contributed by atoms with Gasteiger partial charge in [0.1, 0.15) is 11.3 Å². The van der Waals surface area contributed by atoms with Gasteiger partial charge in [0.15, 0.2) is 6.10 Å². The SMILES string of the molecule is C[C@@H](Oc1ccc2ccc(=O)oc2c1)C(=O)Nc1ccc(C(F)(F)F)cc1. The third-order valence-electron chi connectivity index (χ3n) is 3.76. The third kappa shape index (κ3) is 4.46. The van der Waals surface area contributed by atoms with Crippen LogP contribution in [0.15, 0.2) is 63.8 Å². The summed E-state index contributed by atoms with van der Waals surface area (Å²) in [7, 11) is 0. The second-order valence-electron chi connectivity index (χ2n) is 5.78. The van der Waals surface area contributed by atoms with Crippen molar-refractivity contribution in [2.24, 2.45) is 0 Å². The van der Waals surface area contributed by atoms with Gasteiger partial charge in [0.05, 0.1) is 5.56 Å². The molecule has 27 heavy (non-hydrogen) atoms. The smallest absolute Gasteiger partial charge is 0.416 e. The van der Waals surface area contributed by atoms with Crippen LogP contribution in [0, 0.1) is 0 Å². The highest BCUT2D eigenvalue weighted by atomic mass is 19.4. The minimum atomic E-state index is -4.44. The number of fused-ring (bicyclic) bond motifs is 1. The maximum atomic E-state index is 12.6. The number of carbonyl (C=O) groups excluding carboxylic acids is 1. The maximum Gasteiger partial charge on any atom is 0.416 e. The molecule has 0 aliphatic heterocycles. The van der Waals surface area contributed by atoms with Crippen molar-refractivity contribution in [3.63, 3.8) is 0 Å². The number of carbonyl (C=O) groups is 1. The first-order valence-electron chi connectivity index (χ1n) is 7.91. The largest absolute Gasteiger partial charge is 0.481 e. The number of rotatable bonds is 4. The average Bonchev–Trinajstić information content (AvgIpc) is 2.61. The van der Waals surface area contributed by atoms with E-state index in [1.807, 2.05) is 0 Å². The Morgan fingerprint density at radius 1 is 1.07 bits per heavy atom. The fraction of sp³-hybridized carbons (Fsp3) is 0.158. The molecule has 1 amide bonds. The molecule has 3 aromatic rings. The number of anilines is 1. The summed E-state index contributed by atoms with van der Waals surface area (Å²) in [5, 5.41) is 3.18. The molecule has 3 rings (SSSR count). The monoisotopic (exact) mass is 377 g/mol. The van der Waals surface area contributed by atoms with Crippen molar-refractivity contribution in [3.8, 4) is 5.75 Å². The van der Waals surface area contributed by atoms with E-state index in [0.29, 0.717) is 16.7 Å². The van der Waals surface area contributed by atoms with Crippen molar-refractivity contribution >= 4 is 22.6 Å². The van der Waals surface area contributed by atoms with E-state index in [0.717, 1.165) is 24.3 Å². The quantitative estimate of drug-likeness (QED) is 0.692. The lowest BCUT2D eigenvalue weighted by molar-refractivity contribution is -0.137. The minimum absolute atomic E-state index is 0.216. The van der Waals surface area contributed by atoms with Gasteiger partial charge in [0.25, 0.3) is 5.91 Å². The Hall–Kier alpha value is -3.29. The van der Waals surface area contributed by atoms with Crippen LogP contribution in [-0.4, -0.2) is 12.0 Å². The first kappa shape index (κ1) is 18.5. The molecule has 2 aromatic carbocycles. The van der Waals surface area contributed by atoms with E-state index >= 15 is 0 Å². The first-order chi connectivity index (χ1) is 12.7. The van der Waals surface area contributed by atoms with Crippen molar-refractivity contribution in [1.82, 2.24) is 0 Å². The Labute approximate surface area is 151 Å². The van der Waals surface area contributed by atoms with E-state index in [-0.39, 0.29) is 5.69 Å². The van der Waals surface area contributed by atoms with Gasteiger partial charge in [-0.05, 0) is 49.4 Å². The Bertz CT molecular complexity index is 1030. The number of hydrogen-bond donors (Lipinski definition) is 1. The van der Waals surface area contributed by atoms with E-state index in [2.05, 4.69) is 5.32 Å². The third-order valence-corrected chi connectivity index (χ3v) is 3.76. The molecule has 5 nitrogen and oxygen atoms in total. The van der Waals surface area contributed by atoms with Crippen LogP contribution in [-0.2, 0) is 11.0 Å². The number of halogens is 3. The summed E-state index contributed by atoms with van der Waals surface area (Å²) >= 11 is 0. The van der Waals surface area contributed by atoms with Crippen LogP contribution < -0.4 is 15.7 Å². The van der Waals surface area contributed by atoms with Gasteiger partial charge in [-0.15, -0.1) is 0 Å². The van der Waals surface area contributed by atoms with Crippen LogP contribution in [0.5, 0.6) is 5.75 Å². The summed E-state index contributed by atoms with van der Waals surface area (Å²) in [6.45, 7) is 1.49. The Balaban J connectivity index is 1.68. The van der Waals surface area contributed by atoms with Crippen LogP contribution in [0.3, 0.4) is 0 Å². The van der Waals surface area contributed by atoms with Crippen molar-refractivity contribution in [1.29, 1.82) is 0 Å². The molecule has 0 fully saturated rings. The van der Waals surface area contributed by atoms with Crippen LogP contribution >= 0.6 is 0 Å². The molecule has 1 atom stereocenters. The molecule has 0 spiro atoms. The zero-order chi connectivity index (χ0) is 19.6. The number of hydrogen-bond acceptors (Lipinski definition) is 4. The zero-order valence-electron chi connectivity index (χ0n) is 14.0. The Kier molecular flexibility index (Phi) is 4.89. The molecular weight excluding hydrogens is 363 g/mol. The van der Waals surface area contributed by atoms with E-state index in [4.69, 9.17) is 9.15 Å². The number of nitrogens with one attached hydrogen (secondary N) is 1. The van der Waals surface area contributed by atoms with E-state index < -0.39 is 29.4 Å². The molecule has 0 unspecified atom stereocenters. The van der Waals surface area contributed by atoms with Gasteiger partial charge in [-0.1, -0.05) is 0 Å². The maximum absolute atomic E-state index is 12.6. The fourth-order valence-corrected chi connectivity index (χ4v) is 2.36. The molecule has 0 aliphatic rings. The summed E-state index contributed by atoms with van der Waals surface area (Å²) in [5.74, 6) is -0.226. The summed E-state index contributed by atoms with van der Waals surface area (Å²) in [5.41, 5.74) is -0.779.